The first-order chi connectivity index (χ1) is 18.0. The van der Waals surface area contributed by atoms with Gasteiger partial charge in [-0.3, -0.25) is 9.59 Å². The Morgan fingerprint density at radius 3 is 2.21 bits per heavy atom. The van der Waals surface area contributed by atoms with Crippen LogP contribution in [0.1, 0.15) is 34.8 Å². The fraction of sp³-hybridized carbons (Fsp3) is 0.259. The average Bonchev–Trinajstić information content (AvgIpc) is 3.27. The molecule has 2 amide bonds. The number of hydrogen-bond donors (Lipinski definition) is 1. The van der Waals surface area contributed by atoms with Gasteiger partial charge in [-0.05, 0) is 66.2 Å². The van der Waals surface area contributed by atoms with Gasteiger partial charge in [-0.15, -0.1) is 0 Å². The summed E-state index contributed by atoms with van der Waals surface area (Å²) in [5.74, 6) is -0.286. The molecular weight excluding hydrogens is 521 g/mol. The highest BCUT2D eigenvalue weighted by Crippen LogP contribution is 2.31. The second-order valence-electron chi connectivity index (χ2n) is 8.75. The number of carbonyl (C=O) groups excluding carboxylic acids is 2. The van der Waals surface area contributed by atoms with Crippen LogP contribution >= 0.6 is 0 Å². The van der Waals surface area contributed by atoms with Crippen molar-refractivity contribution in [2.45, 2.75) is 37.1 Å². The number of rotatable bonds is 8. The molecule has 0 radical (unpaired) electrons. The number of nitrogens with zero attached hydrogens (tertiary/aromatic N) is 1. The molecule has 0 aliphatic carbocycles. The van der Waals surface area contributed by atoms with E-state index in [0.29, 0.717) is 11.3 Å². The molecule has 3 aromatic rings. The predicted molar refractivity (Wildman–Crippen MR) is 135 cm³/mol. The Kier molecular flexibility index (Phi) is 7.77. The molecule has 38 heavy (non-hydrogen) atoms. The molecule has 7 nitrogen and oxygen atoms in total. The van der Waals surface area contributed by atoms with E-state index in [-0.39, 0.29) is 47.7 Å². The lowest BCUT2D eigenvalue weighted by Crippen LogP contribution is -2.27. The number of sulfone groups is 1. The third kappa shape index (κ3) is 6.34. The second kappa shape index (κ2) is 10.9. The fourth-order valence-corrected chi connectivity index (χ4v) is 4.86. The molecule has 1 atom stereocenters. The van der Waals surface area contributed by atoms with Crippen molar-refractivity contribution in [2.75, 3.05) is 17.2 Å². The summed E-state index contributed by atoms with van der Waals surface area (Å²) in [4.78, 5) is 26.8. The van der Waals surface area contributed by atoms with Gasteiger partial charge in [0.1, 0.15) is 11.9 Å². The van der Waals surface area contributed by atoms with Crippen LogP contribution in [0.4, 0.5) is 18.9 Å². The molecule has 0 bridgehead atoms. The van der Waals surface area contributed by atoms with E-state index in [4.69, 9.17) is 4.74 Å². The minimum atomic E-state index is -4.44. The normalized spacial score (nSPS) is 15.9. The van der Waals surface area contributed by atoms with Crippen molar-refractivity contribution in [1.82, 2.24) is 5.32 Å². The number of nitrogens with one attached hydrogen (secondary N) is 1. The highest BCUT2D eigenvalue weighted by molar-refractivity contribution is 7.91. The van der Waals surface area contributed by atoms with E-state index in [1.54, 1.807) is 43.3 Å². The number of anilines is 1. The van der Waals surface area contributed by atoms with Crippen LogP contribution in [-0.2, 0) is 27.4 Å². The summed E-state index contributed by atoms with van der Waals surface area (Å²) in [7, 11) is -3.29. The predicted octanol–water partition coefficient (Wildman–Crippen LogP) is 4.61. The molecule has 200 valence electrons. The van der Waals surface area contributed by atoms with Crippen molar-refractivity contribution < 1.29 is 35.9 Å². The molecule has 0 aromatic heterocycles. The van der Waals surface area contributed by atoms with Crippen LogP contribution in [0.15, 0.2) is 77.7 Å². The van der Waals surface area contributed by atoms with Crippen LogP contribution in [0, 0.1) is 0 Å². The summed E-state index contributed by atoms with van der Waals surface area (Å²) in [6, 6.07) is 17.1. The number of carbonyl (C=O) groups is 2. The van der Waals surface area contributed by atoms with Gasteiger partial charge in [0.15, 0.2) is 9.84 Å². The summed E-state index contributed by atoms with van der Waals surface area (Å²) in [6.07, 6.45) is -4.89. The van der Waals surface area contributed by atoms with E-state index in [2.05, 4.69) is 5.32 Å². The zero-order valence-electron chi connectivity index (χ0n) is 20.4. The highest BCUT2D eigenvalue weighted by Gasteiger charge is 2.33. The minimum Gasteiger partial charge on any atom is -0.488 e. The van der Waals surface area contributed by atoms with Crippen molar-refractivity contribution >= 4 is 27.3 Å². The Balaban J connectivity index is 1.32. The number of amides is 2. The molecule has 3 aromatic carbocycles. The van der Waals surface area contributed by atoms with Gasteiger partial charge in [0, 0.05) is 17.8 Å². The summed E-state index contributed by atoms with van der Waals surface area (Å²) < 4.78 is 67.7. The SMILES string of the molecule is CCS(=O)(=O)c1ccc(CNC(=O)c2ccc(N3C[C@H](Oc4ccc(C(F)(F)F)cc4)CC3=O)cc2)cc1. The van der Waals surface area contributed by atoms with Gasteiger partial charge in [-0.1, -0.05) is 19.1 Å². The van der Waals surface area contributed by atoms with Gasteiger partial charge in [0.25, 0.3) is 5.91 Å². The average molecular weight is 547 g/mol. The molecule has 1 heterocycles. The van der Waals surface area contributed by atoms with Gasteiger partial charge in [-0.2, -0.15) is 13.2 Å². The molecule has 11 heteroatoms. The van der Waals surface area contributed by atoms with Gasteiger partial charge < -0.3 is 15.0 Å². The number of alkyl halides is 3. The Labute approximate surface area is 218 Å². The lowest BCUT2D eigenvalue weighted by molar-refractivity contribution is -0.137. The first-order valence-corrected chi connectivity index (χ1v) is 13.5. The van der Waals surface area contributed by atoms with Crippen molar-refractivity contribution in [3.8, 4) is 5.75 Å². The molecule has 1 aliphatic heterocycles. The number of halogens is 3. The van der Waals surface area contributed by atoms with E-state index in [1.807, 2.05) is 0 Å². The van der Waals surface area contributed by atoms with Crippen LogP contribution in [0.2, 0.25) is 0 Å². The van der Waals surface area contributed by atoms with E-state index in [9.17, 15) is 31.2 Å². The molecule has 1 saturated heterocycles. The Hall–Kier alpha value is -3.86. The van der Waals surface area contributed by atoms with Crippen molar-refractivity contribution in [3.05, 3.63) is 89.5 Å². The molecule has 1 aliphatic rings. The number of ether oxygens (including phenoxy) is 1. The van der Waals surface area contributed by atoms with Crippen molar-refractivity contribution in [2.24, 2.45) is 0 Å². The van der Waals surface area contributed by atoms with Crippen LogP contribution in [-0.4, -0.2) is 38.6 Å². The largest absolute Gasteiger partial charge is 0.488 e. The Bertz CT molecular complexity index is 1410. The first kappa shape index (κ1) is 27.2. The molecule has 4 rings (SSSR count). The maximum absolute atomic E-state index is 12.7. The maximum atomic E-state index is 12.7. The van der Waals surface area contributed by atoms with Gasteiger partial charge >= 0.3 is 6.18 Å². The summed E-state index contributed by atoms with van der Waals surface area (Å²) in [6.45, 7) is 2.00. The lowest BCUT2D eigenvalue weighted by Gasteiger charge is -2.18. The minimum absolute atomic E-state index is 0.00887. The van der Waals surface area contributed by atoms with Crippen LogP contribution in [0.3, 0.4) is 0 Å². The molecule has 0 saturated carbocycles. The van der Waals surface area contributed by atoms with Gasteiger partial charge in [0.05, 0.1) is 29.2 Å². The molecule has 0 spiro atoms. The fourth-order valence-electron chi connectivity index (χ4n) is 3.98. The number of hydrogen-bond acceptors (Lipinski definition) is 5. The Morgan fingerprint density at radius 2 is 1.63 bits per heavy atom. The smallest absolute Gasteiger partial charge is 0.416 e. The highest BCUT2D eigenvalue weighted by atomic mass is 32.2. The van der Waals surface area contributed by atoms with Gasteiger partial charge in [0.2, 0.25) is 5.91 Å². The standard InChI is InChI=1S/C27H25F3N2O5S/c1-2-38(35,36)24-13-3-18(4-14-24)16-31-26(34)19-5-9-21(10-6-19)32-17-23(15-25(32)33)37-22-11-7-20(8-12-22)27(28,29)30/h3-14,23H,2,15-17H2,1H3,(H,31,34)/t23-/m1/s1. The van der Waals surface area contributed by atoms with E-state index < -0.39 is 27.7 Å². The second-order valence-corrected chi connectivity index (χ2v) is 11.0. The van der Waals surface area contributed by atoms with E-state index >= 15 is 0 Å². The monoisotopic (exact) mass is 546 g/mol. The molecule has 1 N–H and O–H groups in total. The van der Waals surface area contributed by atoms with Crippen LogP contribution in [0.5, 0.6) is 5.75 Å². The Morgan fingerprint density at radius 1 is 1.00 bits per heavy atom. The third-order valence-electron chi connectivity index (χ3n) is 6.13. The lowest BCUT2D eigenvalue weighted by atomic mass is 10.1. The topological polar surface area (TPSA) is 92.8 Å². The summed E-state index contributed by atoms with van der Waals surface area (Å²) in [5.41, 5.74) is 0.908. The summed E-state index contributed by atoms with van der Waals surface area (Å²) in [5, 5.41) is 2.77. The van der Waals surface area contributed by atoms with Crippen LogP contribution in [0.25, 0.3) is 0 Å². The van der Waals surface area contributed by atoms with E-state index in [0.717, 1.165) is 17.7 Å². The molecular formula is C27H25F3N2O5S. The zero-order valence-corrected chi connectivity index (χ0v) is 21.2. The number of benzene rings is 3. The quantitative estimate of drug-likeness (QED) is 0.446. The van der Waals surface area contributed by atoms with Crippen LogP contribution < -0.4 is 15.0 Å². The first-order valence-electron chi connectivity index (χ1n) is 11.8. The molecule has 1 fully saturated rings. The van der Waals surface area contributed by atoms with Gasteiger partial charge in [-0.25, -0.2) is 8.42 Å². The maximum Gasteiger partial charge on any atom is 0.416 e. The van der Waals surface area contributed by atoms with E-state index in [1.165, 1.54) is 29.2 Å². The van der Waals surface area contributed by atoms with Crippen molar-refractivity contribution in [1.29, 1.82) is 0 Å². The third-order valence-corrected chi connectivity index (χ3v) is 7.88. The molecule has 0 unspecified atom stereocenters. The summed E-state index contributed by atoms with van der Waals surface area (Å²) >= 11 is 0. The zero-order chi connectivity index (χ0) is 27.5. The van der Waals surface area contributed by atoms with Crippen molar-refractivity contribution in [3.63, 3.8) is 0 Å².